The molecule has 2 N–H and O–H groups in total. The molecule has 2 amide bonds. The second kappa shape index (κ2) is 8.35. The van der Waals surface area contributed by atoms with E-state index in [1.165, 1.54) is 0 Å². The first-order valence-electron chi connectivity index (χ1n) is 9.93. The average molecular weight is 414 g/mol. The Morgan fingerprint density at radius 2 is 1.58 bits per heavy atom. The lowest BCUT2D eigenvalue weighted by atomic mass is 10.0. The number of carbonyl (C=O) groups excluding carboxylic acids is 2. The lowest BCUT2D eigenvalue weighted by molar-refractivity contribution is 0.0838. The van der Waals surface area contributed by atoms with Crippen LogP contribution in [0.3, 0.4) is 0 Å². The van der Waals surface area contributed by atoms with Crippen molar-refractivity contribution < 1.29 is 9.59 Å². The molecule has 4 aromatic rings. The van der Waals surface area contributed by atoms with Crippen molar-refractivity contribution in [2.24, 2.45) is 0 Å². The first-order valence-corrected chi connectivity index (χ1v) is 9.93. The highest BCUT2D eigenvalue weighted by atomic mass is 16.2. The van der Waals surface area contributed by atoms with Crippen molar-refractivity contribution in [2.75, 3.05) is 0 Å². The topological polar surface area (TPSA) is 102 Å². The summed E-state index contributed by atoms with van der Waals surface area (Å²) in [4.78, 5) is 33.5. The van der Waals surface area contributed by atoms with Crippen molar-refractivity contribution in [1.29, 1.82) is 0 Å². The minimum atomic E-state index is -0.613. The predicted octanol–water partition coefficient (Wildman–Crippen LogP) is 3.32. The molecular weight excluding hydrogens is 392 g/mol. The average Bonchev–Trinajstić information content (AvgIpc) is 3.18. The van der Waals surface area contributed by atoms with E-state index in [2.05, 4.69) is 39.8 Å². The Labute approximate surface area is 179 Å². The normalized spacial score (nSPS) is 11.0. The fourth-order valence-corrected chi connectivity index (χ4v) is 3.31. The van der Waals surface area contributed by atoms with Crippen LogP contribution in [0.15, 0.2) is 60.7 Å². The number of aromatic nitrogens is 4. The van der Waals surface area contributed by atoms with Crippen molar-refractivity contribution in [3.8, 4) is 5.69 Å². The molecule has 31 heavy (non-hydrogen) atoms. The summed E-state index contributed by atoms with van der Waals surface area (Å²) >= 11 is 0. The molecule has 2 heterocycles. The zero-order valence-electron chi connectivity index (χ0n) is 17.5. The van der Waals surface area contributed by atoms with E-state index < -0.39 is 11.8 Å². The van der Waals surface area contributed by atoms with Crippen LogP contribution < -0.4 is 10.9 Å². The van der Waals surface area contributed by atoms with Crippen molar-refractivity contribution in [1.82, 2.24) is 30.6 Å². The van der Waals surface area contributed by atoms with Gasteiger partial charge in [0.2, 0.25) is 5.82 Å². The van der Waals surface area contributed by atoms with E-state index in [0.29, 0.717) is 11.3 Å². The number of rotatable bonds is 4. The molecule has 8 heteroatoms. The molecule has 0 saturated carbocycles. The molecule has 2 aromatic carbocycles. The number of hydrogen-bond donors (Lipinski definition) is 2. The molecule has 0 unspecified atom stereocenters. The fraction of sp³-hybridized carbons (Fsp3) is 0.174. The quantitative estimate of drug-likeness (QED) is 0.499. The van der Waals surface area contributed by atoms with Gasteiger partial charge in [0.1, 0.15) is 11.5 Å². The molecule has 0 aliphatic carbocycles. The first kappa shape index (κ1) is 20.2. The van der Waals surface area contributed by atoms with Crippen LogP contribution in [0.1, 0.15) is 52.3 Å². The maximum atomic E-state index is 12.5. The van der Waals surface area contributed by atoms with E-state index in [0.717, 1.165) is 16.6 Å². The summed E-state index contributed by atoms with van der Waals surface area (Å²) in [5.74, 6) is -0.326. The maximum absolute atomic E-state index is 12.5. The van der Waals surface area contributed by atoms with Crippen LogP contribution in [0.25, 0.3) is 16.6 Å². The molecule has 2 aromatic heterocycles. The van der Waals surface area contributed by atoms with E-state index in [-0.39, 0.29) is 17.4 Å². The van der Waals surface area contributed by atoms with Gasteiger partial charge in [0, 0.05) is 5.39 Å². The first-order chi connectivity index (χ1) is 14.9. The summed E-state index contributed by atoms with van der Waals surface area (Å²) in [6.07, 6.45) is 0. The number of nitrogens with one attached hydrogen (secondary N) is 2. The standard InChI is InChI=1S/C23H22N6O2/c1-14(2)17-9-5-7-11-20(17)29-15(3)24-21(28-29)23(31)27-26-22(30)19-13-12-16-8-4-6-10-18(16)25-19/h4-14H,1-3H3,(H,26,30)(H,27,31). The minimum absolute atomic E-state index is 0.0390. The zero-order valence-corrected chi connectivity index (χ0v) is 17.5. The number of carbonyl (C=O) groups is 2. The van der Waals surface area contributed by atoms with Crippen LogP contribution in [0.5, 0.6) is 0 Å². The summed E-state index contributed by atoms with van der Waals surface area (Å²) in [6.45, 7) is 5.96. The largest absolute Gasteiger partial charge is 0.309 e. The SMILES string of the molecule is Cc1nc(C(=O)NNC(=O)c2ccc3ccccc3n2)nn1-c1ccccc1C(C)C. The van der Waals surface area contributed by atoms with Crippen LogP contribution in [-0.4, -0.2) is 31.6 Å². The van der Waals surface area contributed by atoms with Crippen LogP contribution in [-0.2, 0) is 0 Å². The Balaban J connectivity index is 1.49. The summed E-state index contributed by atoms with van der Waals surface area (Å²) in [5.41, 5.74) is 7.58. The van der Waals surface area contributed by atoms with Crippen LogP contribution in [0.4, 0.5) is 0 Å². The van der Waals surface area contributed by atoms with Gasteiger partial charge in [0.15, 0.2) is 0 Å². The van der Waals surface area contributed by atoms with Crippen molar-refractivity contribution >= 4 is 22.7 Å². The van der Waals surface area contributed by atoms with Gasteiger partial charge in [-0.25, -0.2) is 14.6 Å². The molecule has 4 rings (SSSR count). The molecule has 8 nitrogen and oxygen atoms in total. The molecule has 0 aliphatic rings. The Morgan fingerprint density at radius 1 is 0.871 bits per heavy atom. The lowest BCUT2D eigenvalue weighted by Crippen LogP contribution is -2.42. The van der Waals surface area contributed by atoms with Crippen molar-refractivity contribution in [3.05, 3.63) is 83.6 Å². The molecule has 0 fully saturated rings. The van der Waals surface area contributed by atoms with Crippen LogP contribution in [0, 0.1) is 6.92 Å². The summed E-state index contributed by atoms with van der Waals surface area (Å²) in [7, 11) is 0. The molecule has 0 spiro atoms. The van der Waals surface area contributed by atoms with Gasteiger partial charge in [0.05, 0.1) is 11.2 Å². The Kier molecular flexibility index (Phi) is 5.44. The second-order valence-corrected chi connectivity index (χ2v) is 7.41. The van der Waals surface area contributed by atoms with E-state index >= 15 is 0 Å². The van der Waals surface area contributed by atoms with E-state index in [1.54, 1.807) is 23.7 Å². The highest BCUT2D eigenvalue weighted by molar-refractivity contribution is 5.97. The third-order valence-electron chi connectivity index (χ3n) is 4.88. The Hall–Kier alpha value is -4.07. The molecule has 0 saturated heterocycles. The molecular formula is C23H22N6O2. The summed E-state index contributed by atoms with van der Waals surface area (Å²) < 4.78 is 1.64. The number of benzene rings is 2. The number of para-hydroxylation sites is 2. The van der Waals surface area contributed by atoms with Crippen LogP contribution in [0.2, 0.25) is 0 Å². The number of nitrogens with zero attached hydrogens (tertiary/aromatic N) is 4. The number of pyridine rings is 1. The third-order valence-corrected chi connectivity index (χ3v) is 4.88. The van der Waals surface area contributed by atoms with Gasteiger partial charge in [0.25, 0.3) is 5.91 Å². The van der Waals surface area contributed by atoms with Gasteiger partial charge >= 0.3 is 5.91 Å². The minimum Gasteiger partial charge on any atom is -0.266 e. The van der Waals surface area contributed by atoms with Gasteiger partial charge in [-0.3, -0.25) is 20.4 Å². The third kappa shape index (κ3) is 4.13. The Morgan fingerprint density at radius 3 is 2.39 bits per heavy atom. The van der Waals surface area contributed by atoms with Crippen molar-refractivity contribution in [2.45, 2.75) is 26.7 Å². The molecule has 0 atom stereocenters. The number of amides is 2. The second-order valence-electron chi connectivity index (χ2n) is 7.41. The molecule has 0 aliphatic heterocycles. The number of hydrogen-bond acceptors (Lipinski definition) is 5. The van der Waals surface area contributed by atoms with Gasteiger partial charge in [-0.15, -0.1) is 5.10 Å². The maximum Gasteiger partial charge on any atom is 0.309 e. The van der Waals surface area contributed by atoms with Crippen molar-refractivity contribution in [3.63, 3.8) is 0 Å². The van der Waals surface area contributed by atoms with E-state index in [4.69, 9.17) is 0 Å². The fourth-order valence-electron chi connectivity index (χ4n) is 3.31. The van der Waals surface area contributed by atoms with Gasteiger partial charge in [-0.05, 0) is 36.6 Å². The predicted molar refractivity (Wildman–Crippen MR) is 117 cm³/mol. The van der Waals surface area contributed by atoms with E-state index in [9.17, 15) is 9.59 Å². The van der Waals surface area contributed by atoms with Gasteiger partial charge < -0.3 is 0 Å². The molecule has 156 valence electrons. The van der Waals surface area contributed by atoms with Crippen LogP contribution >= 0.6 is 0 Å². The van der Waals surface area contributed by atoms with Gasteiger partial charge in [-0.2, -0.15) is 0 Å². The summed E-state index contributed by atoms with van der Waals surface area (Å²) in [6, 6.07) is 18.7. The smallest absolute Gasteiger partial charge is 0.266 e. The number of fused-ring (bicyclic) bond motifs is 1. The highest BCUT2D eigenvalue weighted by Crippen LogP contribution is 2.23. The van der Waals surface area contributed by atoms with E-state index in [1.807, 2.05) is 48.5 Å². The number of aryl methyl sites for hydroxylation is 1. The Bertz CT molecular complexity index is 1280. The summed E-state index contributed by atoms with van der Waals surface area (Å²) in [5, 5.41) is 5.27. The van der Waals surface area contributed by atoms with Gasteiger partial charge in [-0.1, -0.05) is 56.3 Å². The zero-order chi connectivity index (χ0) is 22.0. The monoisotopic (exact) mass is 414 g/mol. The highest BCUT2D eigenvalue weighted by Gasteiger charge is 2.18. The number of hydrazine groups is 1. The molecule has 0 radical (unpaired) electrons. The lowest BCUT2D eigenvalue weighted by Gasteiger charge is -2.12. The molecule has 0 bridgehead atoms.